The monoisotopic (exact) mass is 271 g/mol. The third-order valence-electron chi connectivity index (χ3n) is 2.06. The molecule has 1 rings (SSSR count). The Bertz CT molecular complexity index is 441. The van der Waals surface area contributed by atoms with Crippen molar-refractivity contribution in [2.45, 2.75) is 20.0 Å². The second-order valence-corrected chi connectivity index (χ2v) is 4.01. The van der Waals surface area contributed by atoms with E-state index in [1.807, 2.05) is 0 Å². The lowest BCUT2D eigenvalue weighted by molar-refractivity contribution is -0.152. The van der Waals surface area contributed by atoms with Gasteiger partial charge in [0.1, 0.15) is 0 Å². The van der Waals surface area contributed by atoms with Gasteiger partial charge in [-0.25, -0.2) is 9.59 Å². The van der Waals surface area contributed by atoms with Gasteiger partial charge in [-0.15, -0.1) is 0 Å². The number of hydrogen-bond donors (Lipinski definition) is 1. The number of anilines is 1. The van der Waals surface area contributed by atoms with Crippen molar-refractivity contribution >= 4 is 29.2 Å². The summed E-state index contributed by atoms with van der Waals surface area (Å²) in [6.07, 6.45) is -0.974. The highest BCUT2D eigenvalue weighted by Crippen LogP contribution is 2.17. The summed E-state index contributed by atoms with van der Waals surface area (Å²) in [5, 5.41) is 0.325. The van der Waals surface area contributed by atoms with E-state index in [-0.39, 0.29) is 12.2 Å². The number of rotatable bonds is 4. The lowest BCUT2D eigenvalue weighted by atomic mass is 10.2. The number of nitrogen functional groups attached to an aromatic ring is 1. The van der Waals surface area contributed by atoms with Crippen LogP contribution in [0.1, 0.15) is 24.2 Å². The van der Waals surface area contributed by atoms with Gasteiger partial charge in [0.25, 0.3) is 0 Å². The molecule has 1 aromatic rings. The Labute approximate surface area is 110 Å². The van der Waals surface area contributed by atoms with Crippen molar-refractivity contribution < 1.29 is 19.1 Å². The third kappa shape index (κ3) is 3.92. The van der Waals surface area contributed by atoms with E-state index in [9.17, 15) is 9.59 Å². The summed E-state index contributed by atoms with van der Waals surface area (Å²) in [5.74, 6) is -1.27. The molecule has 0 saturated heterocycles. The molecule has 0 radical (unpaired) electrons. The molecule has 0 aromatic heterocycles. The molecule has 0 spiro atoms. The minimum atomic E-state index is -0.974. The summed E-state index contributed by atoms with van der Waals surface area (Å²) in [7, 11) is 0. The minimum absolute atomic E-state index is 0.191. The lowest BCUT2D eigenvalue weighted by Gasteiger charge is -2.12. The Hall–Kier alpha value is -1.75. The zero-order valence-electron chi connectivity index (χ0n) is 10.1. The summed E-state index contributed by atoms with van der Waals surface area (Å²) >= 11 is 5.76. The van der Waals surface area contributed by atoms with Crippen LogP contribution in [0.5, 0.6) is 0 Å². The third-order valence-corrected chi connectivity index (χ3v) is 2.28. The Kier molecular flexibility index (Phi) is 4.97. The average Bonchev–Trinajstić information content (AvgIpc) is 2.27. The van der Waals surface area contributed by atoms with Crippen LogP contribution < -0.4 is 5.73 Å². The van der Waals surface area contributed by atoms with E-state index in [1.54, 1.807) is 6.92 Å². The van der Waals surface area contributed by atoms with Crippen LogP contribution in [0.15, 0.2) is 18.2 Å². The quantitative estimate of drug-likeness (QED) is 0.670. The number of carbonyl (C=O) groups is 2. The molecule has 0 saturated carbocycles. The predicted molar refractivity (Wildman–Crippen MR) is 67.4 cm³/mol. The lowest BCUT2D eigenvalue weighted by Crippen LogP contribution is -2.26. The normalized spacial score (nSPS) is 11.7. The first kappa shape index (κ1) is 14.3. The molecule has 98 valence electrons. The van der Waals surface area contributed by atoms with E-state index in [1.165, 1.54) is 25.1 Å². The topological polar surface area (TPSA) is 78.6 Å². The molecule has 0 aliphatic heterocycles. The van der Waals surface area contributed by atoms with E-state index in [2.05, 4.69) is 0 Å². The van der Waals surface area contributed by atoms with Gasteiger partial charge in [-0.3, -0.25) is 0 Å². The van der Waals surface area contributed by atoms with E-state index in [0.29, 0.717) is 10.7 Å². The largest absolute Gasteiger partial charge is 0.463 e. The predicted octanol–water partition coefficient (Wildman–Crippen LogP) is 2.03. The smallest absolute Gasteiger partial charge is 0.347 e. The zero-order chi connectivity index (χ0) is 13.7. The maximum absolute atomic E-state index is 11.7. The molecule has 0 amide bonds. The molecule has 5 nitrogen and oxygen atoms in total. The zero-order valence-corrected chi connectivity index (χ0v) is 10.9. The highest BCUT2D eigenvalue weighted by atomic mass is 35.5. The molecule has 18 heavy (non-hydrogen) atoms. The van der Waals surface area contributed by atoms with Crippen LogP contribution in [0.3, 0.4) is 0 Å². The van der Waals surface area contributed by atoms with E-state index in [4.69, 9.17) is 26.8 Å². The van der Waals surface area contributed by atoms with Crippen LogP contribution in [0.4, 0.5) is 5.69 Å². The second kappa shape index (κ2) is 6.26. The van der Waals surface area contributed by atoms with Gasteiger partial charge in [-0.1, -0.05) is 11.6 Å². The van der Waals surface area contributed by atoms with E-state index < -0.39 is 18.0 Å². The maximum atomic E-state index is 11.7. The Morgan fingerprint density at radius 2 is 2.06 bits per heavy atom. The van der Waals surface area contributed by atoms with Crippen molar-refractivity contribution in [3.63, 3.8) is 0 Å². The molecule has 2 N–H and O–H groups in total. The molecular weight excluding hydrogens is 258 g/mol. The SMILES string of the molecule is CCOC(=O)C(C)OC(=O)c1cc(N)cc(Cl)c1. The number of carbonyl (C=O) groups excluding carboxylic acids is 2. The van der Waals surface area contributed by atoms with Gasteiger partial charge in [-0.2, -0.15) is 0 Å². The number of hydrogen-bond acceptors (Lipinski definition) is 5. The van der Waals surface area contributed by atoms with Crippen molar-refractivity contribution in [3.8, 4) is 0 Å². The first-order chi connectivity index (χ1) is 8.43. The van der Waals surface area contributed by atoms with Crippen molar-refractivity contribution in [3.05, 3.63) is 28.8 Å². The van der Waals surface area contributed by atoms with Gasteiger partial charge in [0.05, 0.1) is 12.2 Å². The van der Waals surface area contributed by atoms with Gasteiger partial charge in [0.2, 0.25) is 0 Å². The van der Waals surface area contributed by atoms with Crippen molar-refractivity contribution in [1.29, 1.82) is 0 Å². The summed E-state index contributed by atoms with van der Waals surface area (Å²) in [6.45, 7) is 3.33. The molecule has 0 aliphatic carbocycles. The fraction of sp³-hybridized carbons (Fsp3) is 0.333. The van der Waals surface area contributed by atoms with Crippen molar-refractivity contribution in [2.75, 3.05) is 12.3 Å². The fourth-order valence-electron chi connectivity index (χ4n) is 1.27. The first-order valence-electron chi connectivity index (χ1n) is 5.37. The van der Waals surface area contributed by atoms with Crippen LogP contribution in [0.25, 0.3) is 0 Å². The summed E-state index contributed by atoms with van der Waals surface area (Å²) in [4.78, 5) is 23.0. The Morgan fingerprint density at radius 1 is 1.39 bits per heavy atom. The summed E-state index contributed by atoms with van der Waals surface area (Å²) in [6, 6.07) is 4.34. The van der Waals surface area contributed by atoms with E-state index in [0.717, 1.165) is 0 Å². The standard InChI is InChI=1S/C12H14ClNO4/c1-3-17-11(15)7(2)18-12(16)8-4-9(13)6-10(14)5-8/h4-7H,3,14H2,1-2H3. The number of esters is 2. The molecule has 1 unspecified atom stereocenters. The van der Waals surface area contributed by atoms with E-state index >= 15 is 0 Å². The molecule has 0 bridgehead atoms. The van der Waals surface area contributed by atoms with Gasteiger partial charge in [0, 0.05) is 10.7 Å². The van der Waals surface area contributed by atoms with Gasteiger partial charge in [-0.05, 0) is 32.0 Å². The van der Waals surface area contributed by atoms with Crippen molar-refractivity contribution in [2.24, 2.45) is 0 Å². The van der Waals surface area contributed by atoms with Crippen LogP contribution in [-0.2, 0) is 14.3 Å². The highest BCUT2D eigenvalue weighted by molar-refractivity contribution is 6.31. The van der Waals surface area contributed by atoms with Crippen LogP contribution in [0.2, 0.25) is 5.02 Å². The van der Waals surface area contributed by atoms with Gasteiger partial charge in [0.15, 0.2) is 6.10 Å². The second-order valence-electron chi connectivity index (χ2n) is 3.57. The molecule has 6 heteroatoms. The number of halogens is 1. The number of benzene rings is 1. The van der Waals surface area contributed by atoms with Crippen LogP contribution in [-0.4, -0.2) is 24.6 Å². The molecule has 1 aromatic carbocycles. The molecule has 0 fully saturated rings. The van der Waals surface area contributed by atoms with Crippen LogP contribution >= 0.6 is 11.6 Å². The van der Waals surface area contributed by atoms with Gasteiger partial charge < -0.3 is 15.2 Å². The summed E-state index contributed by atoms with van der Waals surface area (Å²) in [5.41, 5.74) is 6.09. The molecular formula is C12H14ClNO4. The van der Waals surface area contributed by atoms with Gasteiger partial charge >= 0.3 is 11.9 Å². The molecule has 0 aliphatic rings. The Morgan fingerprint density at radius 3 is 2.61 bits per heavy atom. The maximum Gasteiger partial charge on any atom is 0.347 e. The molecule has 0 heterocycles. The average molecular weight is 272 g/mol. The van der Waals surface area contributed by atoms with Crippen LogP contribution in [0, 0.1) is 0 Å². The first-order valence-corrected chi connectivity index (χ1v) is 5.75. The summed E-state index contributed by atoms with van der Waals surface area (Å²) < 4.78 is 9.65. The Balaban J connectivity index is 2.73. The fourth-order valence-corrected chi connectivity index (χ4v) is 1.51. The minimum Gasteiger partial charge on any atom is -0.463 e. The highest BCUT2D eigenvalue weighted by Gasteiger charge is 2.20. The number of nitrogens with two attached hydrogens (primary N) is 1. The molecule has 1 atom stereocenters. The van der Waals surface area contributed by atoms with Crippen molar-refractivity contribution in [1.82, 2.24) is 0 Å². The number of ether oxygens (including phenoxy) is 2.